The van der Waals surface area contributed by atoms with Gasteiger partial charge in [-0.3, -0.25) is 4.79 Å². The van der Waals surface area contributed by atoms with Crippen molar-refractivity contribution in [1.82, 2.24) is 0 Å². The molecule has 0 saturated heterocycles. The molecule has 0 unspecified atom stereocenters. The van der Waals surface area contributed by atoms with Crippen LogP contribution in [0.15, 0.2) is 36.4 Å². The molecule has 0 aliphatic carbocycles. The highest BCUT2D eigenvalue weighted by Crippen LogP contribution is 2.23. The van der Waals surface area contributed by atoms with Gasteiger partial charge in [-0.15, -0.1) is 0 Å². The Morgan fingerprint density at radius 2 is 1.95 bits per heavy atom. The summed E-state index contributed by atoms with van der Waals surface area (Å²) in [5.41, 5.74) is 0.773. The fraction of sp³-hybridized carbons (Fsp3) is 0.0714. The molecule has 2 rings (SSSR count). The van der Waals surface area contributed by atoms with Crippen molar-refractivity contribution in [3.63, 3.8) is 0 Å². The molecule has 2 nitrogen and oxygen atoms in total. The van der Waals surface area contributed by atoms with Crippen LogP contribution in [0.1, 0.15) is 15.9 Å². The summed E-state index contributed by atoms with van der Waals surface area (Å²) in [6.07, 6.45) is 0. The van der Waals surface area contributed by atoms with Gasteiger partial charge in [-0.25, -0.2) is 8.78 Å². The third kappa shape index (κ3) is 2.90. The fourth-order valence-electron chi connectivity index (χ4n) is 1.60. The predicted octanol–water partition coefficient (Wildman–Crippen LogP) is 4.18. The molecular weight excluding hydrogens is 272 g/mol. The number of hydrogen-bond acceptors (Lipinski definition) is 1. The van der Waals surface area contributed by atoms with E-state index in [0.29, 0.717) is 16.3 Å². The topological polar surface area (TPSA) is 29.1 Å². The summed E-state index contributed by atoms with van der Waals surface area (Å²) in [4.78, 5) is 11.9. The van der Waals surface area contributed by atoms with E-state index in [0.717, 1.165) is 18.2 Å². The van der Waals surface area contributed by atoms with Crippen molar-refractivity contribution >= 4 is 23.2 Å². The van der Waals surface area contributed by atoms with Crippen LogP contribution in [0.25, 0.3) is 0 Å². The van der Waals surface area contributed by atoms with Crippen LogP contribution in [0.4, 0.5) is 14.5 Å². The number of carbonyl (C=O) groups excluding carboxylic acids is 1. The molecule has 0 aliphatic heterocycles. The van der Waals surface area contributed by atoms with Crippen LogP contribution in [-0.2, 0) is 0 Å². The molecule has 5 heteroatoms. The Balaban J connectivity index is 2.31. The Kier molecular flexibility index (Phi) is 3.81. The van der Waals surface area contributed by atoms with Gasteiger partial charge in [0, 0.05) is 10.7 Å². The van der Waals surface area contributed by atoms with Crippen molar-refractivity contribution in [1.29, 1.82) is 0 Å². The van der Waals surface area contributed by atoms with Gasteiger partial charge in [-0.2, -0.15) is 0 Å². The van der Waals surface area contributed by atoms with E-state index in [4.69, 9.17) is 11.6 Å². The van der Waals surface area contributed by atoms with Crippen LogP contribution < -0.4 is 5.32 Å². The highest BCUT2D eigenvalue weighted by molar-refractivity contribution is 6.31. The number of nitrogens with one attached hydrogen (secondary N) is 1. The molecule has 0 fully saturated rings. The lowest BCUT2D eigenvalue weighted by atomic mass is 10.1. The van der Waals surface area contributed by atoms with Crippen LogP contribution in [0.3, 0.4) is 0 Å². The Morgan fingerprint density at radius 3 is 2.68 bits per heavy atom. The summed E-state index contributed by atoms with van der Waals surface area (Å²) >= 11 is 5.91. The van der Waals surface area contributed by atoms with Gasteiger partial charge < -0.3 is 5.32 Å². The molecule has 0 bridgehead atoms. The molecule has 0 radical (unpaired) electrons. The first kappa shape index (κ1) is 13.5. The van der Waals surface area contributed by atoms with Crippen LogP contribution in [-0.4, -0.2) is 5.91 Å². The lowest BCUT2D eigenvalue weighted by molar-refractivity contribution is 0.102. The molecule has 98 valence electrons. The molecule has 0 aliphatic rings. The molecule has 0 saturated carbocycles. The van der Waals surface area contributed by atoms with E-state index in [2.05, 4.69) is 5.32 Å². The fourth-order valence-corrected chi connectivity index (χ4v) is 1.78. The largest absolute Gasteiger partial charge is 0.322 e. The summed E-state index contributed by atoms with van der Waals surface area (Å²) in [5.74, 6) is -2.17. The summed E-state index contributed by atoms with van der Waals surface area (Å²) in [6, 6.07) is 7.69. The van der Waals surface area contributed by atoms with Gasteiger partial charge in [-0.1, -0.05) is 17.7 Å². The SMILES string of the molecule is Cc1c(Cl)cccc1NC(=O)c1cc(F)ccc1F. The second-order valence-corrected chi connectivity index (χ2v) is 4.40. The van der Waals surface area contributed by atoms with Crippen molar-refractivity contribution in [3.8, 4) is 0 Å². The average Bonchev–Trinajstić information content (AvgIpc) is 2.38. The minimum absolute atomic E-state index is 0.348. The minimum Gasteiger partial charge on any atom is -0.322 e. The van der Waals surface area contributed by atoms with Gasteiger partial charge in [0.25, 0.3) is 5.91 Å². The van der Waals surface area contributed by atoms with Crippen molar-refractivity contribution < 1.29 is 13.6 Å². The van der Waals surface area contributed by atoms with E-state index in [-0.39, 0.29) is 5.56 Å². The maximum atomic E-state index is 13.4. The molecule has 0 aromatic heterocycles. The second kappa shape index (κ2) is 5.36. The van der Waals surface area contributed by atoms with Crippen molar-refractivity contribution in [2.45, 2.75) is 6.92 Å². The molecule has 0 atom stereocenters. The molecule has 2 aromatic rings. The minimum atomic E-state index is -0.779. The zero-order valence-electron chi connectivity index (χ0n) is 10.0. The number of carbonyl (C=O) groups is 1. The van der Waals surface area contributed by atoms with Crippen LogP contribution >= 0.6 is 11.6 Å². The number of rotatable bonds is 2. The van der Waals surface area contributed by atoms with E-state index in [1.54, 1.807) is 25.1 Å². The Labute approximate surface area is 114 Å². The van der Waals surface area contributed by atoms with Gasteiger partial charge in [0.15, 0.2) is 0 Å². The van der Waals surface area contributed by atoms with Gasteiger partial charge in [0.1, 0.15) is 11.6 Å². The highest BCUT2D eigenvalue weighted by Gasteiger charge is 2.14. The standard InChI is InChI=1S/C14H10ClF2NO/c1-8-11(15)3-2-4-13(8)18-14(19)10-7-9(16)5-6-12(10)17/h2-7H,1H3,(H,18,19). The third-order valence-corrected chi connectivity index (χ3v) is 3.10. The van der Waals surface area contributed by atoms with Gasteiger partial charge >= 0.3 is 0 Å². The molecule has 2 aromatic carbocycles. The highest BCUT2D eigenvalue weighted by atomic mass is 35.5. The van der Waals surface area contributed by atoms with Gasteiger partial charge in [0.05, 0.1) is 5.56 Å². The Bertz CT molecular complexity index is 643. The molecule has 0 heterocycles. The van der Waals surface area contributed by atoms with E-state index >= 15 is 0 Å². The predicted molar refractivity (Wildman–Crippen MR) is 70.5 cm³/mol. The van der Waals surface area contributed by atoms with Gasteiger partial charge in [-0.05, 0) is 42.8 Å². The quantitative estimate of drug-likeness (QED) is 0.879. The number of hydrogen-bond donors (Lipinski definition) is 1. The van der Waals surface area contributed by atoms with E-state index < -0.39 is 17.5 Å². The van der Waals surface area contributed by atoms with Crippen LogP contribution in [0.2, 0.25) is 5.02 Å². The van der Waals surface area contributed by atoms with Crippen LogP contribution in [0.5, 0.6) is 0 Å². The molecule has 1 amide bonds. The number of anilines is 1. The lowest BCUT2D eigenvalue weighted by Crippen LogP contribution is -2.14. The van der Waals surface area contributed by atoms with E-state index in [9.17, 15) is 13.6 Å². The van der Waals surface area contributed by atoms with Gasteiger partial charge in [0.2, 0.25) is 0 Å². The first-order valence-corrected chi connectivity index (χ1v) is 5.88. The summed E-state index contributed by atoms with van der Waals surface area (Å²) in [6.45, 7) is 1.72. The smallest absolute Gasteiger partial charge is 0.258 e. The molecule has 0 spiro atoms. The maximum Gasteiger partial charge on any atom is 0.258 e. The third-order valence-electron chi connectivity index (χ3n) is 2.69. The average molecular weight is 282 g/mol. The molecule has 1 N–H and O–H groups in total. The lowest BCUT2D eigenvalue weighted by Gasteiger charge is -2.10. The molecule has 19 heavy (non-hydrogen) atoms. The summed E-state index contributed by atoms with van der Waals surface area (Å²) < 4.78 is 26.5. The second-order valence-electron chi connectivity index (χ2n) is 3.99. The monoisotopic (exact) mass is 281 g/mol. The Hall–Kier alpha value is -1.94. The Morgan fingerprint density at radius 1 is 1.21 bits per heavy atom. The van der Waals surface area contributed by atoms with E-state index in [1.165, 1.54) is 0 Å². The van der Waals surface area contributed by atoms with Crippen molar-refractivity contribution in [2.75, 3.05) is 5.32 Å². The first-order valence-electron chi connectivity index (χ1n) is 5.50. The summed E-state index contributed by atoms with van der Waals surface area (Å²) in [5, 5.41) is 2.99. The van der Waals surface area contributed by atoms with Crippen molar-refractivity contribution in [3.05, 3.63) is 64.2 Å². The molecular formula is C14H10ClF2NO. The zero-order chi connectivity index (χ0) is 14.0. The number of halogens is 3. The summed E-state index contributed by atoms with van der Waals surface area (Å²) in [7, 11) is 0. The number of amides is 1. The van der Waals surface area contributed by atoms with Crippen molar-refractivity contribution in [2.24, 2.45) is 0 Å². The first-order chi connectivity index (χ1) is 8.99. The normalized spacial score (nSPS) is 10.3. The number of benzene rings is 2. The van der Waals surface area contributed by atoms with Crippen LogP contribution in [0, 0.1) is 18.6 Å². The zero-order valence-corrected chi connectivity index (χ0v) is 10.8. The maximum absolute atomic E-state index is 13.4. The van der Waals surface area contributed by atoms with E-state index in [1.807, 2.05) is 0 Å².